The van der Waals surface area contributed by atoms with Gasteiger partial charge in [0.15, 0.2) is 0 Å². The molecule has 0 aliphatic heterocycles. The van der Waals surface area contributed by atoms with Crippen LogP contribution in [0.15, 0.2) is 37.1 Å². The molecule has 20 heavy (non-hydrogen) atoms. The molecule has 2 aromatic rings. The van der Waals surface area contributed by atoms with Crippen molar-refractivity contribution in [1.82, 2.24) is 10.3 Å². The van der Waals surface area contributed by atoms with E-state index in [1.807, 2.05) is 12.3 Å². The summed E-state index contributed by atoms with van der Waals surface area (Å²) in [4.78, 5) is 5.80. The molecule has 0 saturated carbocycles. The fourth-order valence-electron chi connectivity index (χ4n) is 1.86. The SMILES string of the molecule is CCCNC(Cc1ccc(Br)cn1)c1cc(Br)c(Br)s1. The monoisotopic (exact) mass is 480 g/mol. The first-order chi connectivity index (χ1) is 9.60. The molecule has 0 spiro atoms. The molecule has 0 amide bonds. The Labute approximate surface area is 148 Å². The molecule has 0 aliphatic rings. The Kier molecular flexibility index (Phi) is 6.68. The van der Waals surface area contributed by atoms with Gasteiger partial charge in [-0.15, -0.1) is 11.3 Å². The highest BCUT2D eigenvalue weighted by atomic mass is 79.9. The third-order valence-electron chi connectivity index (χ3n) is 2.85. The molecule has 0 aromatic carbocycles. The molecule has 108 valence electrons. The molecule has 1 unspecified atom stereocenters. The largest absolute Gasteiger partial charge is 0.309 e. The van der Waals surface area contributed by atoms with E-state index >= 15 is 0 Å². The normalized spacial score (nSPS) is 12.6. The minimum Gasteiger partial charge on any atom is -0.309 e. The second kappa shape index (κ2) is 8.03. The zero-order chi connectivity index (χ0) is 14.5. The molecule has 6 heteroatoms. The summed E-state index contributed by atoms with van der Waals surface area (Å²) in [6, 6.07) is 6.60. The molecule has 2 rings (SSSR count). The molecular formula is C14H15Br3N2S. The second-order valence-electron chi connectivity index (χ2n) is 4.45. The van der Waals surface area contributed by atoms with Gasteiger partial charge in [0.25, 0.3) is 0 Å². The lowest BCUT2D eigenvalue weighted by Gasteiger charge is -2.16. The quantitative estimate of drug-likeness (QED) is 0.570. The van der Waals surface area contributed by atoms with Crippen molar-refractivity contribution >= 4 is 59.1 Å². The molecule has 0 aliphatic carbocycles. The number of aromatic nitrogens is 1. The summed E-state index contributed by atoms with van der Waals surface area (Å²) in [5.41, 5.74) is 1.10. The Balaban J connectivity index is 2.16. The summed E-state index contributed by atoms with van der Waals surface area (Å²) in [5.74, 6) is 0. The highest BCUT2D eigenvalue weighted by molar-refractivity contribution is 9.13. The average Bonchev–Trinajstić information content (AvgIpc) is 2.77. The summed E-state index contributed by atoms with van der Waals surface area (Å²) in [5, 5.41) is 3.61. The minimum atomic E-state index is 0.302. The van der Waals surface area contributed by atoms with Gasteiger partial charge in [-0.2, -0.15) is 0 Å². The second-order valence-corrected chi connectivity index (χ2v) is 8.62. The Morgan fingerprint density at radius 1 is 1.30 bits per heavy atom. The number of nitrogens with zero attached hydrogens (tertiary/aromatic N) is 1. The van der Waals surface area contributed by atoms with Crippen molar-refractivity contribution in [3.05, 3.63) is 47.7 Å². The van der Waals surface area contributed by atoms with Crippen LogP contribution in [0.1, 0.15) is 30.0 Å². The van der Waals surface area contributed by atoms with E-state index in [0.29, 0.717) is 6.04 Å². The number of hydrogen-bond acceptors (Lipinski definition) is 3. The maximum atomic E-state index is 4.48. The van der Waals surface area contributed by atoms with Crippen molar-refractivity contribution in [3.8, 4) is 0 Å². The molecule has 0 fully saturated rings. The van der Waals surface area contributed by atoms with Crippen molar-refractivity contribution in [2.24, 2.45) is 0 Å². The van der Waals surface area contributed by atoms with Crippen molar-refractivity contribution in [2.75, 3.05) is 6.54 Å². The minimum absolute atomic E-state index is 0.302. The molecule has 1 atom stereocenters. The standard InChI is InChI=1S/C14H15Br3N2S/c1-2-5-18-12(13-7-11(16)14(17)20-13)6-10-4-3-9(15)8-19-10/h3-4,7-8,12,18H,2,5-6H2,1H3. The average molecular weight is 483 g/mol. The highest BCUT2D eigenvalue weighted by Crippen LogP contribution is 2.36. The van der Waals surface area contributed by atoms with Gasteiger partial charge in [-0.25, -0.2) is 0 Å². The van der Waals surface area contributed by atoms with Gasteiger partial charge in [-0.1, -0.05) is 6.92 Å². The lowest BCUT2D eigenvalue weighted by atomic mass is 10.1. The first kappa shape index (κ1) is 16.6. The Bertz CT molecular complexity index is 535. The fourth-order valence-corrected chi connectivity index (χ4v) is 4.26. The van der Waals surface area contributed by atoms with E-state index in [4.69, 9.17) is 0 Å². The predicted molar refractivity (Wildman–Crippen MR) is 96.4 cm³/mol. The van der Waals surface area contributed by atoms with Crippen molar-refractivity contribution < 1.29 is 0 Å². The van der Waals surface area contributed by atoms with Gasteiger partial charge < -0.3 is 5.32 Å². The van der Waals surface area contributed by atoms with Crippen LogP contribution in [0.5, 0.6) is 0 Å². The van der Waals surface area contributed by atoms with Crippen LogP contribution in [-0.2, 0) is 6.42 Å². The predicted octanol–water partition coefficient (Wildman–Crippen LogP) is 5.71. The van der Waals surface area contributed by atoms with Crippen molar-refractivity contribution in [3.63, 3.8) is 0 Å². The summed E-state index contributed by atoms with van der Waals surface area (Å²) >= 11 is 12.3. The molecule has 0 bridgehead atoms. The molecule has 0 radical (unpaired) electrons. The zero-order valence-electron chi connectivity index (χ0n) is 11.0. The summed E-state index contributed by atoms with van der Waals surface area (Å²) in [7, 11) is 0. The number of nitrogens with one attached hydrogen (secondary N) is 1. The van der Waals surface area contributed by atoms with Gasteiger partial charge in [0, 0.05) is 38.2 Å². The zero-order valence-corrected chi connectivity index (χ0v) is 16.6. The van der Waals surface area contributed by atoms with E-state index in [1.54, 1.807) is 11.3 Å². The van der Waals surface area contributed by atoms with Gasteiger partial charge in [0.05, 0.1) is 3.79 Å². The van der Waals surface area contributed by atoms with Gasteiger partial charge in [-0.3, -0.25) is 4.98 Å². The first-order valence-corrected chi connectivity index (χ1v) is 9.58. The number of thiophene rings is 1. The van der Waals surface area contributed by atoms with Crippen LogP contribution < -0.4 is 5.32 Å². The van der Waals surface area contributed by atoms with Crippen molar-refractivity contribution in [2.45, 2.75) is 25.8 Å². The third-order valence-corrected chi connectivity index (χ3v) is 6.69. The maximum Gasteiger partial charge on any atom is 0.0843 e. The van der Waals surface area contributed by atoms with E-state index in [9.17, 15) is 0 Å². The lowest BCUT2D eigenvalue weighted by Crippen LogP contribution is -2.23. The van der Waals surface area contributed by atoms with Crippen molar-refractivity contribution in [1.29, 1.82) is 0 Å². The number of rotatable bonds is 6. The van der Waals surface area contributed by atoms with Gasteiger partial charge >= 0.3 is 0 Å². The molecule has 2 nitrogen and oxygen atoms in total. The topological polar surface area (TPSA) is 24.9 Å². The Morgan fingerprint density at radius 2 is 2.10 bits per heavy atom. The van der Waals surface area contributed by atoms with Crippen LogP contribution in [0.25, 0.3) is 0 Å². The van der Waals surface area contributed by atoms with Gasteiger partial charge in [0.1, 0.15) is 0 Å². The molecule has 2 aromatic heterocycles. The Morgan fingerprint density at radius 3 is 2.65 bits per heavy atom. The van der Waals surface area contributed by atoms with E-state index in [1.165, 1.54) is 4.88 Å². The first-order valence-electron chi connectivity index (χ1n) is 6.38. The molecule has 2 heterocycles. The van der Waals surface area contributed by atoms with Crippen LogP contribution in [0.4, 0.5) is 0 Å². The number of pyridine rings is 1. The van der Waals surface area contributed by atoms with E-state index in [0.717, 1.165) is 37.8 Å². The lowest BCUT2D eigenvalue weighted by molar-refractivity contribution is 0.531. The Hall–Kier alpha value is 0.250. The summed E-state index contributed by atoms with van der Waals surface area (Å²) in [6.45, 7) is 3.19. The van der Waals surface area contributed by atoms with Crippen LogP contribution in [0.3, 0.4) is 0 Å². The summed E-state index contributed by atoms with van der Waals surface area (Å²) in [6.07, 6.45) is 3.87. The third kappa shape index (κ3) is 4.63. The van der Waals surface area contributed by atoms with E-state index in [-0.39, 0.29) is 0 Å². The smallest absolute Gasteiger partial charge is 0.0843 e. The van der Waals surface area contributed by atoms with E-state index < -0.39 is 0 Å². The highest BCUT2D eigenvalue weighted by Gasteiger charge is 2.16. The number of hydrogen-bond donors (Lipinski definition) is 1. The van der Waals surface area contributed by atoms with E-state index in [2.05, 4.69) is 77.1 Å². The van der Waals surface area contributed by atoms with Gasteiger partial charge in [0.2, 0.25) is 0 Å². The molecular weight excluding hydrogens is 468 g/mol. The van der Waals surface area contributed by atoms with Gasteiger partial charge in [-0.05, 0) is 79.0 Å². The van der Waals surface area contributed by atoms with Crippen LogP contribution in [0.2, 0.25) is 0 Å². The summed E-state index contributed by atoms with van der Waals surface area (Å²) < 4.78 is 3.27. The molecule has 1 N–H and O–H groups in total. The fraction of sp³-hybridized carbons (Fsp3) is 0.357. The maximum absolute atomic E-state index is 4.48. The molecule has 0 saturated heterocycles. The van der Waals surface area contributed by atoms with Crippen LogP contribution in [-0.4, -0.2) is 11.5 Å². The van der Waals surface area contributed by atoms with Crippen LogP contribution in [0, 0.1) is 0 Å². The number of halogens is 3. The van der Waals surface area contributed by atoms with Crippen LogP contribution >= 0.6 is 59.1 Å².